The van der Waals surface area contributed by atoms with Gasteiger partial charge in [-0.2, -0.15) is 5.10 Å². The molecule has 1 heterocycles. The van der Waals surface area contributed by atoms with Crippen molar-refractivity contribution in [2.75, 3.05) is 4.72 Å². The van der Waals surface area contributed by atoms with Gasteiger partial charge in [0.25, 0.3) is 10.0 Å². The van der Waals surface area contributed by atoms with Crippen LogP contribution in [0.15, 0.2) is 126 Å². The van der Waals surface area contributed by atoms with Crippen LogP contribution >= 0.6 is 0 Å². The van der Waals surface area contributed by atoms with E-state index in [1.807, 2.05) is 91.0 Å². The summed E-state index contributed by atoms with van der Waals surface area (Å²) in [5.74, 6) is 1.32. The van der Waals surface area contributed by atoms with E-state index in [9.17, 15) is 8.42 Å². The Morgan fingerprint density at radius 3 is 1.94 bits per heavy atom. The zero-order valence-electron chi connectivity index (χ0n) is 18.8. The predicted molar refractivity (Wildman–Crippen MR) is 137 cm³/mol. The van der Waals surface area contributed by atoms with E-state index in [0.717, 1.165) is 11.1 Å². The minimum absolute atomic E-state index is 0.115. The van der Waals surface area contributed by atoms with Crippen LogP contribution in [0, 0.1) is 0 Å². The van der Waals surface area contributed by atoms with Crippen molar-refractivity contribution in [2.24, 2.45) is 0 Å². The van der Waals surface area contributed by atoms with Crippen LogP contribution in [0.3, 0.4) is 0 Å². The molecule has 0 spiro atoms. The number of hydrogen-bond acceptors (Lipinski definition) is 4. The first-order valence-electron chi connectivity index (χ1n) is 11.1. The largest absolute Gasteiger partial charge is 0.457 e. The minimum Gasteiger partial charge on any atom is -0.457 e. The molecule has 0 amide bonds. The Bertz CT molecular complexity index is 1500. The van der Waals surface area contributed by atoms with Crippen LogP contribution in [0.4, 0.5) is 5.69 Å². The summed E-state index contributed by atoms with van der Waals surface area (Å²) < 4.78 is 37.0. The SMILES string of the molecule is O=S(=O)(Nc1ccc(Oc2ccccc2)cc1)c1cn(Cc2ccccc2)nc1-c1ccccc1. The van der Waals surface area contributed by atoms with Gasteiger partial charge >= 0.3 is 0 Å². The predicted octanol–water partition coefficient (Wildman–Crippen LogP) is 6.19. The molecule has 5 rings (SSSR count). The number of hydrogen-bond donors (Lipinski definition) is 1. The highest BCUT2D eigenvalue weighted by Gasteiger charge is 2.24. The highest BCUT2D eigenvalue weighted by molar-refractivity contribution is 7.92. The molecule has 0 fully saturated rings. The van der Waals surface area contributed by atoms with Gasteiger partial charge < -0.3 is 4.74 Å². The molecule has 0 unspecified atom stereocenters. The van der Waals surface area contributed by atoms with Crippen LogP contribution in [0.2, 0.25) is 0 Å². The van der Waals surface area contributed by atoms with Gasteiger partial charge in [-0.25, -0.2) is 8.42 Å². The van der Waals surface area contributed by atoms with Gasteiger partial charge in [0.2, 0.25) is 0 Å². The first-order chi connectivity index (χ1) is 17.1. The van der Waals surface area contributed by atoms with Gasteiger partial charge in [0, 0.05) is 17.4 Å². The lowest BCUT2D eigenvalue weighted by atomic mass is 10.2. The molecule has 1 N–H and O–H groups in total. The van der Waals surface area contributed by atoms with Gasteiger partial charge in [0.05, 0.1) is 6.54 Å². The van der Waals surface area contributed by atoms with Crippen molar-refractivity contribution in [1.29, 1.82) is 0 Å². The van der Waals surface area contributed by atoms with E-state index in [2.05, 4.69) is 9.82 Å². The van der Waals surface area contributed by atoms with Gasteiger partial charge in [-0.3, -0.25) is 9.40 Å². The molecule has 4 aromatic carbocycles. The van der Waals surface area contributed by atoms with Crippen molar-refractivity contribution in [3.05, 3.63) is 127 Å². The Labute approximate surface area is 204 Å². The van der Waals surface area contributed by atoms with E-state index in [1.165, 1.54) is 0 Å². The molecule has 1 aromatic heterocycles. The van der Waals surface area contributed by atoms with Crippen LogP contribution in [-0.4, -0.2) is 18.2 Å². The van der Waals surface area contributed by atoms with Crippen LogP contribution in [0.1, 0.15) is 5.56 Å². The maximum absolute atomic E-state index is 13.4. The smallest absolute Gasteiger partial charge is 0.265 e. The third kappa shape index (κ3) is 5.42. The van der Waals surface area contributed by atoms with Crippen LogP contribution in [0.5, 0.6) is 11.5 Å². The number of anilines is 1. The highest BCUT2D eigenvalue weighted by Crippen LogP contribution is 2.29. The number of nitrogens with one attached hydrogen (secondary N) is 1. The van der Waals surface area contributed by atoms with E-state index < -0.39 is 10.0 Å². The second-order valence-corrected chi connectivity index (χ2v) is 9.59. The number of para-hydroxylation sites is 1. The molecule has 0 saturated carbocycles. The lowest BCUT2D eigenvalue weighted by molar-refractivity contribution is 0.483. The fraction of sp³-hybridized carbons (Fsp3) is 0.0357. The average Bonchev–Trinajstić information content (AvgIpc) is 3.32. The molecule has 174 valence electrons. The fourth-order valence-corrected chi connectivity index (χ4v) is 4.90. The van der Waals surface area contributed by atoms with Crippen molar-refractivity contribution in [3.63, 3.8) is 0 Å². The number of nitrogens with zero attached hydrogens (tertiary/aromatic N) is 2. The van der Waals surface area contributed by atoms with Gasteiger partial charge in [-0.05, 0) is 42.0 Å². The van der Waals surface area contributed by atoms with Gasteiger partial charge in [-0.15, -0.1) is 0 Å². The zero-order chi connectivity index (χ0) is 24.1. The molecule has 7 heteroatoms. The van der Waals surface area contributed by atoms with Crippen LogP contribution < -0.4 is 9.46 Å². The number of ether oxygens (including phenoxy) is 1. The van der Waals surface area contributed by atoms with E-state index in [1.54, 1.807) is 35.1 Å². The quantitative estimate of drug-likeness (QED) is 0.287. The van der Waals surface area contributed by atoms with E-state index in [-0.39, 0.29) is 4.90 Å². The van der Waals surface area contributed by atoms with Crippen molar-refractivity contribution in [2.45, 2.75) is 11.4 Å². The maximum atomic E-state index is 13.4. The molecule has 0 aliphatic rings. The Morgan fingerprint density at radius 1 is 0.714 bits per heavy atom. The Kier molecular flexibility index (Phi) is 6.32. The molecular formula is C28H23N3O3S. The first-order valence-corrected chi connectivity index (χ1v) is 12.6. The monoisotopic (exact) mass is 481 g/mol. The Balaban J connectivity index is 1.42. The molecule has 35 heavy (non-hydrogen) atoms. The summed E-state index contributed by atoms with van der Waals surface area (Å²) in [4.78, 5) is 0.115. The lowest BCUT2D eigenvalue weighted by Gasteiger charge is -2.10. The van der Waals surface area contributed by atoms with Crippen molar-refractivity contribution >= 4 is 15.7 Å². The summed E-state index contributed by atoms with van der Waals surface area (Å²) in [6.07, 6.45) is 1.57. The van der Waals surface area contributed by atoms with Crippen molar-refractivity contribution in [1.82, 2.24) is 9.78 Å². The minimum atomic E-state index is -3.91. The lowest BCUT2D eigenvalue weighted by Crippen LogP contribution is -2.13. The molecule has 0 atom stereocenters. The topological polar surface area (TPSA) is 73.2 Å². The zero-order valence-corrected chi connectivity index (χ0v) is 19.6. The fourth-order valence-electron chi connectivity index (χ4n) is 3.67. The average molecular weight is 482 g/mol. The number of aromatic nitrogens is 2. The molecule has 6 nitrogen and oxygen atoms in total. The molecule has 0 bridgehead atoms. The van der Waals surface area contributed by atoms with Gasteiger partial charge in [0.1, 0.15) is 22.1 Å². The number of rotatable bonds is 8. The number of sulfonamides is 1. The van der Waals surface area contributed by atoms with Crippen molar-refractivity contribution < 1.29 is 13.2 Å². The molecule has 0 radical (unpaired) electrons. The van der Waals surface area contributed by atoms with Crippen LogP contribution in [-0.2, 0) is 16.6 Å². The van der Waals surface area contributed by atoms with Crippen LogP contribution in [0.25, 0.3) is 11.3 Å². The standard InChI is InChI=1S/C28H23N3O3S/c32-35(33,30-24-16-18-26(19-17-24)34-25-14-8-3-9-15-25)27-21-31(20-22-10-4-1-5-11-22)29-28(27)23-12-6-2-7-13-23/h1-19,21,30H,20H2. The molecule has 0 aliphatic heterocycles. The maximum Gasteiger partial charge on any atom is 0.265 e. The molecule has 0 saturated heterocycles. The van der Waals surface area contributed by atoms with Crippen molar-refractivity contribution in [3.8, 4) is 22.8 Å². The highest BCUT2D eigenvalue weighted by atomic mass is 32.2. The summed E-state index contributed by atoms with van der Waals surface area (Å²) in [6.45, 7) is 0.460. The Hall–Kier alpha value is -4.36. The second-order valence-electron chi connectivity index (χ2n) is 7.94. The summed E-state index contributed by atoms with van der Waals surface area (Å²) in [5, 5.41) is 4.62. The summed E-state index contributed by atoms with van der Waals surface area (Å²) in [6, 6.07) is 35.3. The second kappa shape index (κ2) is 9.87. The van der Waals surface area contributed by atoms with E-state index in [4.69, 9.17) is 4.74 Å². The normalized spacial score (nSPS) is 11.2. The van der Waals surface area contributed by atoms with Gasteiger partial charge in [-0.1, -0.05) is 78.9 Å². The molecular weight excluding hydrogens is 458 g/mol. The Morgan fingerprint density at radius 2 is 1.29 bits per heavy atom. The molecule has 5 aromatic rings. The summed E-state index contributed by atoms with van der Waals surface area (Å²) >= 11 is 0. The summed E-state index contributed by atoms with van der Waals surface area (Å²) in [7, 11) is -3.91. The summed E-state index contributed by atoms with van der Waals surface area (Å²) in [5.41, 5.74) is 2.59. The van der Waals surface area contributed by atoms with Gasteiger partial charge in [0.15, 0.2) is 0 Å². The van der Waals surface area contributed by atoms with E-state index >= 15 is 0 Å². The third-order valence-corrected chi connectivity index (χ3v) is 6.72. The number of benzene rings is 4. The van der Waals surface area contributed by atoms with E-state index in [0.29, 0.717) is 29.4 Å². The first kappa shape index (κ1) is 22.4. The molecule has 0 aliphatic carbocycles. The third-order valence-electron chi connectivity index (χ3n) is 5.34.